The van der Waals surface area contributed by atoms with E-state index in [9.17, 15) is 14.7 Å². The summed E-state index contributed by atoms with van der Waals surface area (Å²) in [6.45, 7) is 9.49. The van der Waals surface area contributed by atoms with E-state index in [1.165, 1.54) is 17.8 Å². The van der Waals surface area contributed by atoms with Crippen molar-refractivity contribution in [3.05, 3.63) is 61.0 Å². The standard InChI is InChI=1S/C24H25Br2N3O5/c1-6-33-19-10-14(9-17(26)20(19)34-13(2)22(31)32)12-27-29-21(30)16-11-15(25)7-8-18(16)28-23(29)24(3,4)5/h7-13H,6H2,1-5H3,(H,31,32)/t13-/m0/s1. The van der Waals surface area contributed by atoms with Crippen LogP contribution in [0.4, 0.5) is 0 Å². The second kappa shape index (κ2) is 10.3. The molecule has 8 nitrogen and oxygen atoms in total. The quantitative estimate of drug-likeness (QED) is 0.370. The molecule has 0 fully saturated rings. The summed E-state index contributed by atoms with van der Waals surface area (Å²) in [5.74, 6) is 0.0569. The average Bonchev–Trinajstić information content (AvgIpc) is 2.75. The van der Waals surface area contributed by atoms with Gasteiger partial charge in [-0.3, -0.25) is 4.79 Å². The SMILES string of the molecule is CCOc1cc(C=Nn2c(C(C)(C)C)nc3ccc(Br)cc3c2=O)cc(Br)c1O[C@@H](C)C(=O)O. The number of benzene rings is 2. The number of carboxylic acid groups (broad SMARTS) is 1. The predicted octanol–water partition coefficient (Wildman–Crippen LogP) is 5.35. The summed E-state index contributed by atoms with van der Waals surface area (Å²) in [4.78, 5) is 29.3. The van der Waals surface area contributed by atoms with Gasteiger partial charge in [-0.2, -0.15) is 9.78 Å². The lowest BCUT2D eigenvalue weighted by molar-refractivity contribution is -0.144. The molecule has 0 saturated heterocycles. The summed E-state index contributed by atoms with van der Waals surface area (Å²) >= 11 is 6.83. The number of aromatic nitrogens is 2. The number of fused-ring (bicyclic) bond motifs is 1. The molecule has 0 spiro atoms. The molecule has 1 N–H and O–H groups in total. The van der Waals surface area contributed by atoms with Crippen molar-refractivity contribution >= 4 is 54.9 Å². The first kappa shape index (κ1) is 25.9. The van der Waals surface area contributed by atoms with E-state index in [2.05, 4.69) is 37.0 Å². The van der Waals surface area contributed by atoms with Gasteiger partial charge in [-0.1, -0.05) is 36.7 Å². The van der Waals surface area contributed by atoms with Gasteiger partial charge in [0.2, 0.25) is 0 Å². The summed E-state index contributed by atoms with van der Waals surface area (Å²) in [5, 5.41) is 14.1. The smallest absolute Gasteiger partial charge is 0.344 e. The van der Waals surface area contributed by atoms with Crippen molar-refractivity contribution in [2.45, 2.75) is 46.1 Å². The van der Waals surface area contributed by atoms with Crippen LogP contribution in [0.1, 0.15) is 46.0 Å². The summed E-state index contributed by atoms with van der Waals surface area (Å²) in [7, 11) is 0. The molecule has 1 heterocycles. The highest BCUT2D eigenvalue weighted by Gasteiger charge is 2.23. The molecule has 0 unspecified atom stereocenters. The fourth-order valence-corrected chi connectivity index (χ4v) is 4.05. The zero-order valence-corrected chi connectivity index (χ0v) is 22.6. The average molecular weight is 595 g/mol. The number of aliphatic carboxylic acids is 1. The fraction of sp³-hybridized carbons (Fsp3) is 0.333. The van der Waals surface area contributed by atoms with Gasteiger partial charge in [-0.15, -0.1) is 0 Å². The minimum atomic E-state index is -1.09. The van der Waals surface area contributed by atoms with Crippen molar-refractivity contribution in [1.82, 2.24) is 9.66 Å². The van der Waals surface area contributed by atoms with Gasteiger partial charge in [-0.05, 0) is 65.7 Å². The molecule has 0 aliphatic heterocycles. The molecule has 0 aliphatic carbocycles. The predicted molar refractivity (Wildman–Crippen MR) is 138 cm³/mol. The van der Waals surface area contributed by atoms with Gasteiger partial charge in [0, 0.05) is 9.89 Å². The van der Waals surface area contributed by atoms with Gasteiger partial charge < -0.3 is 14.6 Å². The number of halogens is 2. The maximum atomic E-state index is 13.3. The second-order valence-electron chi connectivity index (χ2n) is 8.57. The lowest BCUT2D eigenvalue weighted by atomic mass is 9.95. The highest BCUT2D eigenvalue weighted by molar-refractivity contribution is 9.10. The van der Waals surface area contributed by atoms with Gasteiger partial charge in [-0.25, -0.2) is 9.78 Å². The molecule has 3 rings (SSSR count). The molecule has 2 aromatic carbocycles. The molecule has 0 saturated carbocycles. The van der Waals surface area contributed by atoms with Crippen LogP contribution in [0.25, 0.3) is 10.9 Å². The Kier molecular flexibility index (Phi) is 7.82. The van der Waals surface area contributed by atoms with E-state index >= 15 is 0 Å². The Labute approximate surface area is 213 Å². The van der Waals surface area contributed by atoms with Crippen LogP contribution < -0.4 is 15.0 Å². The van der Waals surface area contributed by atoms with Gasteiger partial charge in [0.25, 0.3) is 5.56 Å². The number of carbonyl (C=O) groups is 1. The molecule has 0 aliphatic rings. The van der Waals surface area contributed by atoms with E-state index < -0.39 is 17.5 Å². The van der Waals surface area contributed by atoms with Crippen molar-refractivity contribution in [3.63, 3.8) is 0 Å². The van der Waals surface area contributed by atoms with E-state index in [0.29, 0.717) is 39.1 Å². The Morgan fingerprint density at radius 1 is 1.26 bits per heavy atom. The molecule has 0 amide bonds. The van der Waals surface area contributed by atoms with Crippen molar-refractivity contribution in [2.75, 3.05) is 6.61 Å². The minimum absolute atomic E-state index is 0.277. The Morgan fingerprint density at radius 3 is 2.59 bits per heavy atom. The van der Waals surface area contributed by atoms with Gasteiger partial charge in [0.05, 0.1) is 28.2 Å². The maximum absolute atomic E-state index is 13.3. The third-order valence-corrected chi connectivity index (χ3v) is 5.86. The molecule has 34 heavy (non-hydrogen) atoms. The number of hydrogen-bond acceptors (Lipinski definition) is 6. The molecule has 1 atom stereocenters. The zero-order chi connectivity index (χ0) is 25.2. The maximum Gasteiger partial charge on any atom is 0.344 e. The second-order valence-corrected chi connectivity index (χ2v) is 10.3. The van der Waals surface area contributed by atoms with Crippen LogP contribution >= 0.6 is 31.9 Å². The van der Waals surface area contributed by atoms with Crippen molar-refractivity contribution in [3.8, 4) is 11.5 Å². The van der Waals surface area contributed by atoms with E-state index in [1.54, 1.807) is 24.3 Å². The topological polar surface area (TPSA) is 103 Å². The first-order chi connectivity index (χ1) is 15.9. The Morgan fingerprint density at radius 2 is 1.97 bits per heavy atom. The number of hydrogen-bond donors (Lipinski definition) is 1. The molecule has 0 radical (unpaired) electrons. The van der Waals surface area contributed by atoms with Gasteiger partial charge in [0.1, 0.15) is 5.82 Å². The lowest BCUT2D eigenvalue weighted by Crippen LogP contribution is -2.29. The van der Waals surface area contributed by atoms with Crippen LogP contribution in [0.15, 0.2) is 49.2 Å². The highest BCUT2D eigenvalue weighted by Crippen LogP contribution is 2.37. The largest absolute Gasteiger partial charge is 0.490 e. The van der Waals surface area contributed by atoms with Crippen molar-refractivity contribution in [1.29, 1.82) is 0 Å². The van der Waals surface area contributed by atoms with Gasteiger partial charge in [0.15, 0.2) is 17.6 Å². The fourth-order valence-electron chi connectivity index (χ4n) is 3.13. The van der Waals surface area contributed by atoms with Crippen molar-refractivity contribution < 1.29 is 19.4 Å². The van der Waals surface area contributed by atoms with Gasteiger partial charge >= 0.3 is 5.97 Å². The Balaban J connectivity index is 2.13. The Hall–Kier alpha value is -2.72. The molecular formula is C24H25Br2N3O5. The first-order valence-electron chi connectivity index (χ1n) is 10.5. The summed E-state index contributed by atoms with van der Waals surface area (Å²) < 4.78 is 13.8. The van der Waals surface area contributed by atoms with Crippen LogP contribution in [-0.2, 0) is 10.2 Å². The van der Waals surface area contributed by atoms with E-state index in [0.717, 1.165) is 4.47 Å². The number of carboxylic acids is 1. The number of ether oxygens (including phenoxy) is 2. The van der Waals surface area contributed by atoms with Crippen LogP contribution in [0.5, 0.6) is 11.5 Å². The number of nitrogens with zero attached hydrogens (tertiary/aromatic N) is 3. The zero-order valence-electron chi connectivity index (χ0n) is 19.4. The molecule has 10 heteroatoms. The normalized spacial score (nSPS) is 12.8. The molecular weight excluding hydrogens is 570 g/mol. The molecule has 180 valence electrons. The summed E-state index contributed by atoms with van der Waals surface area (Å²) in [6, 6.07) is 8.75. The number of rotatable bonds is 7. The molecule has 0 bridgehead atoms. The summed E-state index contributed by atoms with van der Waals surface area (Å²) in [6.07, 6.45) is 0.464. The third-order valence-electron chi connectivity index (χ3n) is 4.78. The highest BCUT2D eigenvalue weighted by atomic mass is 79.9. The first-order valence-corrected chi connectivity index (χ1v) is 12.1. The summed E-state index contributed by atoms with van der Waals surface area (Å²) in [5.41, 5.74) is 0.484. The van der Waals surface area contributed by atoms with E-state index in [4.69, 9.17) is 14.5 Å². The molecule has 3 aromatic rings. The van der Waals surface area contributed by atoms with Crippen LogP contribution in [0.2, 0.25) is 0 Å². The van der Waals surface area contributed by atoms with E-state index in [-0.39, 0.29) is 11.3 Å². The van der Waals surface area contributed by atoms with Crippen LogP contribution in [0.3, 0.4) is 0 Å². The third kappa shape index (κ3) is 5.67. The van der Waals surface area contributed by atoms with Crippen molar-refractivity contribution in [2.24, 2.45) is 5.10 Å². The Bertz CT molecular complexity index is 1330. The van der Waals surface area contributed by atoms with Crippen LogP contribution in [-0.4, -0.2) is 39.7 Å². The van der Waals surface area contributed by atoms with E-state index in [1.807, 2.05) is 33.8 Å². The monoisotopic (exact) mass is 593 g/mol. The lowest BCUT2D eigenvalue weighted by Gasteiger charge is -2.21. The van der Waals surface area contributed by atoms with Crippen LogP contribution in [0, 0.1) is 0 Å². The minimum Gasteiger partial charge on any atom is -0.490 e. The molecule has 1 aromatic heterocycles.